The Morgan fingerprint density at radius 3 is 1.35 bits per heavy atom. The largest absolute Gasteiger partial charge is 0.0622 e. The van der Waals surface area contributed by atoms with Crippen LogP contribution in [0.25, 0.3) is 65.7 Å². The van der Waals surface area contributed by atoms with Crippen molar-refractivity contribution in [1.29, 1.82) is 0 Å². The van der Waals surface area contributed by atoms with E-state index in [1.807, 2.05) is 0 Å². The van der Waals surface area contributed by atoms with Gasteiger partial charge in [-0.3, -0.25) is 0 Å². The Hall–Kier alpha value is -4.68. The highest BCUT2D eigenvalue weighted by Gasteiger charge is 2.24. The van der Waals surface area contributed by atoms with Crippen LogP contribution in [0.2, 0.25) is 0 Å². The van der Waals surface area contributed by atoms with Crippen molar-refractivity contribution in [2.75, 3.05) is 0 Å². The van der Waals surface area contributed by atoms with Crippen LogP contribution in [0.15, 0.2) is 133 Å². The Labute approximate surface area is 216 Å². The molecule has 0 saturated carbocycles. The number of hydrogen-bond acceptors (Lipinski definition) is 0. The normalized spacial score (nSPS) is 12.2. The quantitative estimate of drug-likeness (QED) is 0.221. The summed E-state index contributed by atoms with van der Waals surface area (Å²) in [5.74, 6) is 0. The maximum absolute atomic E-state index is 2.42. The molecule has 0 spiro atoms. The van der Waals surface area contributed by atoms with Crippen molar-refractivity contribution in [3.8, 4) is 33.4 Å². The van der Waals surface area contributed by atoms with Gasteiger partial charge in [-0.1, -0.05) is 127 Å². The minimum atomic E-state index is 0.961. The van der Waals surface area contributed by atoms with Crippen molar-refractivity contribution in [2.24, 2.45) is 0 Å². The first-order valence-corrected chi connectivity index (χ1v) is 13.0. The van der Waals surface area contributed by atoms with Gasteiger partial charge in [0.2, 0.25) is 0 Å². The van der Waals surface area contributed by atoms with E-state index in [1.54, 1.807) is 0 Å². The predicted molar refractivity (Wildman–Crippen MR) is 158 cm³/mol. The maximum Gasteiger partial charge on any atom is -0.000112 e. The Morgan fingerprint density at radius 1 is 0.297 bits per heavy atom. The van der Waals surface area contributed by atoms with Gasteiger partial charge in [0.1, 0.15) is 0 Å². The fourth-order valence-corrected chi connectivity index (χ4v) is 6.47. The van der Waals surface area contributed by atoms with Crippen LogP contribution in [-0.4, -0.2) is 0 Å². The Bertz CT molecular complexity index is 1960. The molecule has 7 aromatic rings. The van der Waals surface area contributed by atoms with Crippen LogP contribution in [0.5, 0.6) is 0 Å². The smallest absolute Gasteiger partial charge is 0.000112 e. The molecule has 0 atom stereocenters. The fraction of sp³-hybridized carbons (Fsp3) is 0.0270. The lowest BCUT2D eigenvalue weighted by Crippen LogP contribution is -1.90. The van der Waals surface area contributed by atoms with E-state index in [0.717, 1.165) is 6.42 Å². The van der Waals surface area contributed by atoms with Gasteiger partial charge in [-0.25, -0.2) is 0 Å². The molecular weight excluding hydrogens is 444 g/mol. The monoisotopic (exact) mass is 468 g/mol. The lowest BCUT2D eigenvalue weighted by atomic mass is 9.90. The highest BCUT2D eigenvalue weighted by Crippen LogP contribution is 2.46. The standard InChI is InChI=1S/C37H24/c1-2-10-24(11-3-1)26-16-8-18-32-33-19-9-17-27(37(33)23-36(26)32)25-20-21-34-30-14-5-4-12-28(30)29-13-6-7-15-31(29)35(34)22-25/h1-22H,23H2. The zero-order valence-electron chi connectivity index (χ0n) is 20.4. The van der Waals surface area contributed by atoms with Gasteiger partial charge in [0.25, 0.3) is 0 Å². The van der Waals surface area contributed by atoms with Gasteiger partial charge < -0.3 is 0 Å². The Morgan fingerprint density at radius 2 is 0.757 bits per heavy atom. The topological polar surface area (TPSA) is 0 Å². The van der Waals surface area contributed by atoms with Gasteiger partial charge in [0.15, 0.2) is 0 Å². The summed E-state index contributed by atoms with van der Waals surface area (Å²) < 4.78 is 0. The molecule has 7 aromatic carbocycles. The van der Waals surface area contributed by atoms with Crippen LogP contribution < -0.4 is 0 Å². The molecule has 0 saturated heterocycles. The average molecular weight is 469 g/mol. The molecule has 1 aliphatic carbocycles. The molecule has 0 unspecified atom stereocenters. The summed E-state index contributed by atoms with van der Waals surface area (Å²) in [6.45, 7) is 0. The Kier molecular flexibility index (Phi) is 4.39. The second-order valence-corrected chi connectivity index (χ2v) is 10.1. The molecule has 0 radical (unpaired) electrons. The number of rotatable bonds is 2. The molecule has 37 heavy (non-hydrogen) atoms. The van der Waals surface area contributed by atoms with E-state index in [1.165, 1.54) is 76.8 Å². The first-order chi connectivity index (χ1) is 18.4. The lowest BCUT2D eigenvalue weighted by molar-refractivity contribution is 1.26. The van der Waals surface area contributed by atoms with Gasteiger partial charge in [-0.2, -0.15) is 0 Å². The lowest BCUT2D eigenvalue weighted by Gasteiger charge is -2.14. The molecule has 0 N–H and O–H groups in total. The number of hydrogen-bond donors (Lipinski definition) is 0. The van der Waals surface area contributed by atoms with Crippen molar-refractivity contribution in [1.82, 2.24) is 0 Å². The molecular formula is C37H24. The van der Waals surface area contributed by atoms with Crippen LogP contribution in [0.1, 0.15) is 11.1 Å². The molecule has 0 fully saturated rings. The minimum absolute atomic E-state index is 0.961. The summed E-state index contributed by atoms with van der Waals surface area (Å²) in [5, 5.41) is 7.93. The highest BCUT2D eigenvalue weighted by atomic mass is 14.3. The van der Waals surface area contributed by atoms with E-state index in [9.17, 15) is 0 Å². The third-order valence-electron chi connectivity index (χ3n) is 8.14. The highest BCUT2D eigenvalue weighted by molar-refractivity contribution is 6.25. The summed E-state index contributed by atoms with van der Waals surface area (Å²) >= 11 is 0. The summed E-state index contributed by atoms with van der Waals surface area (Å²) in [4.78, 5) is 0. The van der Waals surface area contributed by atoms with Crippen LogP contribution in [-0.2, 0) is 6.42 Å². The van der Waals surface area contributed by atoms with Crippen LogP contribution >= 0.6 is 0 Å². The first-order valence-electron chi connectivity index (χ1n) is 13.0. The minimum Gasteiger partial charge on any atom is -0.0622 e. The molecule has 0 bridgehead atoms. The van der Waals surface area contributed by atoms with Gasteiger partial charge in [-0.15, -0.1) is 0 Å². The van der Waals surface area contributed by atoms with E-state index >= 15 is 0 Å². The molecule has 0 nitrogen and oxygen atoms in total. The average Bonchev–Trinajstić information content (AvgIpc) is 3.37. The fourth-order valence-electron chi connectivity index (χ4n) is 6.47. The van der Waals surface area contributed by atoms with E-state index in [0.29, 0.717) is 0 Å². The van der Waals surface area contributed by atoms with Crippen LogP contribution in [0.4, 0.5) is 0 Å². The molecule has 8 rings (SSSR count). The number of benzene rings is 7. The third-order valence-corrected chi connectivity index (χ3v) is 8.14. The van der Waals surface area contributed by atoms with E-state index < -0.39 is 0 Å². The summed E-state index contributed by atoms with van der Waals surface area (Å²) in [6, 6.07) is 49.1. The Balaban J connectivity index is 1.35. The molecule has 1 aliphatic rings. The van der Waals surface area contributed by atoms with Crippen molar-refractivity contribution in [3.05, 3.63) is 145 Å². The maximum atomic E-state index is 2.42. The van der Waals surface area contributed by atoms with E-state index in [2.05, 4.69) is 133 Å². The molecule has 0 amide bonds. The number of fused-ring (bicyclic) bond motifs is 9. The summed E-state index contributed by atoms with van der Waals surface area (Å²) in [7, 11) is 0. The second-order valence-electron chi connectivity index (χ2n) is 10.1. The molecule has 172 valence electrons. The van der Waals surface area contributed by atoms with Gasteiger partial charge >= 0.3 is 0 Å². The van der Waals surface area contributed by atoms with Gasteiger partial charge in [-0.05, 0) is 89.3 Å². The molecule has 0 aromatic heterocycles. The SMILES string of the molecule is c1ccc(-c2cccc3c2Cc2c(-c4ccc5c6ccccc6c6ccccc6c5c4)cccc2-3)cc1. The van der Waals surface area contributed by atoms with Crippen molar-refractivity contribution >= 4 is 32.3 Å². The third kappa shape index (κ3) is 3.03. The van der Waals surface area contributed by atoms with E-state index in [-0.39, 0.29) is 0 Å². The van der Waals surface area contributed by atoms with Crippen molar-refractivity contribution < 1.29 is 0 Å². The zero-order valence-corrected chi connectivity index (χ0v) is 20.4. The zero-order chi connectivity index (χ0) is 24.3. The van der Waals surface area contributed by atoms with Gasteiger partial charge in [0, 0.05) is 0 Å². The van der Waals surface area contributed by atoms with E-state index in [4.69, 9.17) is 0 Å². The molecule has 0 heterocycles. The van der Waals surface area contributed by atoms with Crippen molar-refractivity contribution in [3.63, 3.8) is 0 Å². The summed E-state index contributed by atoms with van der Waals surface area (Å²) in [6.07, 6.45) is 0.961. The molecule has 0 aliphatic heterocycles. The molecule has 0 heteroatoms. The van der Waals surface area contributed by atoms with Crippen molar-refractivity contribution in [2.45, 2.75) is 6.42 Å². The van der Waals surface area contributed by atoms with Crippen LogP contribution in [0, 0.1) is 0 Å². The predicted octanol–water partition coefficient (Wildman–Crippen LogP) is 10.1. The van der Waals surface area contributed by atoms with Gasteiger partial charge in [0.05, 0.1) is 0 Å². The van der Waals surface area contributed by atoms with Crippen LogP contribution in [0.3, 0.4) is 0 Å². The summed E-state index contributed by atoms with van der Waals surface area (Å²) in [5.41, 5.74) is 10.9. The second kappa shape index (κ2) is 7.91. The first kappa shape index (κ1) is 20.5.